The average Bonchev–Trinajstić information content (AvgIpc) is 2.77. The summed E-state index contributed by atoms with van der Waals surface area (Å²) in [6, 6.07) is -0.400. The van der Waals surface area contributed by atoms with Gasteiger partial charge in [0.05, 0.1) is 25.2 Å². The molecule has 0 aromatic heterocycles. The molecule has 0 aromatic rings. The van der Waals surface area contributed by atoms with Gasteiger partial charge < -0.3 is 20.5 Å². The first kappa shape index (κ1) is 14.9. The van der Waals surface area contributed by atoms with E-state index in [2.05, 4.69) is 0 Å². The molecule has 0 aliphatic carbocycles. The Labute approximate surface area is 107 Å². The van der Waals surface area contributed by atoms with Crippen LogP contribution in [-0.4, -0.2) is 54.7 Å². The van der Waals surface area contributed by atoms with Gasteiger partial charge in [0.1, 0.15) is 5.92 Å². The summed E-state index contributed by atoms with van der Waals surface area (Å²) in [5.74, 6) is -1.81. The van der Waals surface area contributed by atoms with Crippen LogP contribution in [0.4, 0.5) is 0 Å². The fraction of sp³-hybridized carbons (Fsp3) is 0.833. The third kappa shape index (κ3) is 3.00. The molecule has 3 unspecified atom stereocenters. The summed E-state index contributed by atoms with van der Waals surface area (Å²) in [5.41, 5.74) is 5.61. The number of ether oxygens (including phenoxy) is 1. The molecule has 1 heterocycles. The lowest BCUT2D eigenvalue weighted by Crippen LogP contribution is -2.48. The van der Waals surface area contributed by atoms with E-state index in [0.717, 1.165) is 0 Å². The number of aliphatic carboxylic acids is 1. The van der Waals surface area contributed by atoms with Crippen LogP contribution in [0.2, 0.25) is 0 Å². The van der Waals surface area contributed by atoms with E-state index in [-0.39, 0.29) is 37.5 Å². The summed E-state index contributed by atoms with van der Waals surface area (Å²) >= 11 is 0. The minimum Gasteiger partial charge on any atom is -0.481 e. The molecule has 6 nitrogen and oxygen atoms in total. The van der Waals surface area contributed by atoms with Crippen molar-refractivity contribution >= 4 is 11.9 Å². The van der Waals surface area contributed by atoms with Gasteiger partial charge in [0.2, 0.25) is 5.91 Å². The van der Waals surface area contributed by atoms with Crippen LogP contribution in [0.25, 0.3) is 0 Å². The largest absolute Gasteiger partial charge is 0.481 e. The third-order valence-electron chi connectivity index (χ3n) is 3.59. The lowest BCUT2D eigenvalue weighted by atomic mass is 9.93. The summed E-state index contributed by atoms with van der Waals surface area (Å²) in [6.45, 7) is 4.57. The molecule has 104 valence electrons. The molecule has 0 aromatic carbocycles. The van der Waals surface area contributed by atoms with Gasteiger partial charge in [-0.25, -0.2) is 0 Å². The molecule has 0 saturated carbocycles. The number of carbonyl (C=O) groups is 2. The number of carboxylic acid groups (broad SMARTS) is 1. The van der Waals surface area contributed by atoms with Crippen LogP contribution >= 0.6 is 0 Å². The highest BCUT2D eigenvalue weighted by Gasteiger charge is 2.40. The van der Waals surface area contributed by atoms with Crippen molar-refractivity contribution in [1.29, 1.82) is 0 Å². The molecule has 1 rings (SSSR count). The number of amides is 1. The maximum absolute atomic E-state index is 12.3. The van der Waals surface area contributed by atoms with Crippen molar-refractivity contribution in [2.45, 2.75) is 19.9 Å². The smallest absolute Gasteiger partial charge is 0.311 e. The predicted octanol–water partition coefficient (Wildman–Crippen LogP) is -0.225. The normalized spacial score (nSPS) is 25.2. The molecule has 0 bridgehead atoms. The van der Waals surface area contributed by atoms with Gasteiger partial charge in [0, 0.05) is 13.6 Å². The van der Waals surface area contributed by atoms with Crippen LogP contribution in [-0.2, 0) is 14.3 Å². The van der Waals surface area contributed by atoms with Gasteiger partial charge >= 0.3 is 5.97 Å². The lowest BCUT2D eigenvalue weighted by Gasteiger charge is -2.31. The highest BCUT2D eigenvalue weighted by Crippen LogP contribution is 2.22. The summed E-state index contributed by atoms with van der Waals surface area (Å²) in [5, 5.41) is 9.08. The van der Waals surface area contributed by atoms with Crippen LogP contribution in [0.15, 0.2) is 0 Å². The van der Waals surface area contributed by atoms with E-state index in [1.54, 1.807) is 7.05 Å². The van der Waals surface area contributed by atoms with Crippen molar-refractivity contribution in [2.75, 3.05) is 26.8 Å². The first-order valence-corrected chi connectivity index (χ1v) is 6.17. The van der Waals surface area contributed by atoms with E-state index in [1.165, 1.54) is 4.90 Å². The molecular weight excluding hydrogens is 236 g/mol. The summed E-state index contributed by atoms with van der Waals surface area (Å²) in [7, 11) is 1.63. The SMILES string of the molecule is CC(C)C(CN)C(=O)N(C)C1COCC1C(=O)O. The van der Waals surface area contributed by atoms with Crippen molar-refractivity contribution in [3.8, 4) is 0 Å². The fourth-order valence-corrected chi connectivity index (χ4v) is 2.24. The Morgan fingerprint density at radius 2 is 2.06 bits per heavy atom. The minimum atomic E-state index is -0.925. The van der Waals surface area contributed by atoms with E-state index in [0.29, 0.717) is 0 Å². The van der Waals surface area contributed by atoms with Crippen LogP contribution in [0.3, 0.4) is 0 Å². The van der Waals surface area contributed by atoms with E-state index in [4.69, 9.17) is 15.6 Å². The first-order valence-electron chi connectivity index (χ1n) is 6.17. The second kappa shape index (κ2) is 6.15. The Morgan fingerprint density at radius 3 is 2.50 bits per heavy atom. The van der Waals surface area contributed by atoms with Crippen molar-refractivity contribution in [1.82, 2.24) is 4.90 Å². The van der Waals surface area contributed by atoms with Gasteiger partial charge in [-0.3, -0.25) is 9.59 Å². The predicted molar refractivity (Wildman–Crippen MR) is 65.9 cm³/mol. The van der Waals surface area contributed by atoms with E-state index in [1.807, 2.05) is 13.8 Å². The Balaban J connectivity index is 2.76. The highest BCUT2D eigenvalue weighted by atomic mass is 16.5. The molecule has 3 atom stereocenters. The molecule has 3 N–H and O–H groups in total. The minimum absolute atomic E-state index is 0.103. The molecule has 0 radical (unpaired) electrons. The molecule has 1 saturated heterocycles. The van der Waals surface area contributed by atoms with Crippen LogP contribution in [0.5, 0.6) is 0 Å². The number of carbonyl (C=O) groups excluding carboxylic acids is 1. The Kier molecular flexibility index (Phi) is 5.10. The molecule has 1 aliphatic rings. The standard InChI is InChI=1S/C12H22N2O4/c1-7(2)8(4-13)11(15)14(3)10-6-18-5-9(10)12(16)17/h7-10H,4-6,13H2,1-3H3,(H,16,17). The molecule has 18 heavy (non-hydrogen) atoms. The molecular formula is C12H22N2O4. The van der Waals surface area contributed by atoms with Gasteiger partial charge in [-0.15, -0.1) is 0 Å². The number of carboxylic acids is 1. The van der Waals surface area contributed by atoms with Crippen molar-refractivity contribution in [3.05, 3.63) is 0 Å². The molecule has 1 aliphatic heterocycles. The number of likely N-dealkylation sites (N-methyl/N-ethyl adjacent to an activating group) is 1. The Morgan fingerprint density at radius 1 is 1.44 bits per heavy atom. The topological polar surface area (TPSA) is 92.9 Å². The number of hydrogen-bond acceptors (Lipinski definition) is 4. The third-order valence-corrected chi connectivity index (χ3v) is 3.59. The van der Waals surface area contributed by atoms with Gasteiger partial charge in [-0.05, 0) is 5.92 Å². The highest BCUT2D eigenvalue weighted by molar-refractivity contribution is 5.81. The average molecular weight is 258 g/mol. The molecule has 6 heteroatoms. The number of hydrogen-bond donors (Lipinski definition) is 2. The quantitative estimate of drug-likeness (QED) is 0.711. The number of nitrogens with zero attached hydrogens (tertiary/aromatic N) is 1. The monoisotopic (exact) mass is 258 g/mol. The number of rotatable bonds is 5. The summed E-state index contributed by atoms with van der Waals surface area (Å²) < 4.78 is 5.17. The van der Waals surface area contributed by atoms with Gasteiger partial charge in [-0.1, -0.05) is 13.8 Å². The van der Waals surface area contributed by atoms with Crippen molar-refractivity contribution in [2.24, 2.45) is 23.5 Å². The molecule has 1 fully saturated rings. The molecule has 1 amide bonds. The Hall–Kier alpha value is -1.14. The van der Waals surface area contributed by atoms with E-state index >= 15 is 0 Å². The van der Waals surface area contributed by atoms with E-state index < -0.39 is 17.9 Å². The summed E-state index contributed by atoms with van der Waals surface area (Å²) in [6.07, 6.45) is 0. The zero-order chi connectivity index (χ0) is 13.9. The first-order chi connectivity index (χ1) is 8.40. The van der Waals surface area contributed by atoms with Crippen LogP contribution in [0, 0.1) is 17.8 Å². The second-order valence-corrected chi connectivity index (χ2v) is 5.08. The van der Waals surface area contributed by atoms with Crippen molar-refractivity contribution < 1.29 is 19.4 Å². The maximum atomic E-state index is 12.3. The van der Waals surface area contributed by atoms with Crippen LogP contribution < -0.4 is 5.73 Å². The van der Waals surface area contributed by atoms with E-state index in [9.17, 15) is 9.59 Å². The zero-order valence-electron chi connectivity index (χ0n) is 11.1. The van der Waals surface area contributed by atoms with Crippen LogP contribution in [0.1, 0.15) is 13.8 Å². The lowest BCUT2D eigenvalue weighted by molar-refractivity contribution is -0.145. The summed E-state index contributed by atoms with van der Waals surface area (Å²) in [4.78, 5) is 24.8. The second-order valence-electron chi connectivity index (χ2n) is 5.08. The zero-order valence-corrected chi connectivity index (χ0v) is 11.1. The van der Waals surface area contributed by atoms with Crippen molar-refractivity contribution in [3.63, 3.8) is 0 Å². The Bertz CT molecular complexity index is 319. The fourth-order valence-electron chi connectivity index (χ4n) is 2.24. The van der Waals surface area contributed by atoms with Gasteiger partial charge in [0.15, 0.2) is 0 Å². The van der Waals surface area contributed by atoms with Gasteiger partial charge in [0.25, 0.3) is 0 Å². The maximum Gasteiger partial charge on any atom is 0.311 e. The molecule has 0 spiro atoms. The van der Waals surface area contributed by atoms with Gasteiger partial charge in [-0.2, -0.15) is 0 Å². The number of nitrogens with two attached hydrogens (primary N) is 1.